The highest BCUT2D eigenvalue weighted by Gasteiger charge is 2.08. The van der Waals surface area contributed by atoms with Crippen molar-refractivity contribution in [3.8, 4) is 11.6 Å². The molecule has 4 nitrogen and oxygen atoms in total. The zero-order valence-electron chi connectivity index (χ0n) is 8.19. The summed E-state index contributed by atoms with van der Waals surface area (Å²) in [6, 6.07) is 9.72. The highest BCUT2D eigenvalue weighted by atomic mass is 16.5. The van der Waals surface area contributed by atoms with Crippen molar-refractivity contribution in [1.82, 2.24) is 15.1 Å². The number of imidazole rings is 1. The Morgan fingerprint density at radius 3 is 2.87 bits per heavy atom. The van der Waals surface area contributed by atoms with Crippen LogP contribution in [0.15, 0.2) is 34.9 Å². The zero-order valence-corrected chi connectivity index (χ0v) is 8.19. The summed E-state index contributed by atoms with van der Waals surface area (Å²) in [4.78, 5) is 7.59. The molecule has 1 aromatic carbocycles. The first kappa shape index (κ1) is 8.23. The lowest BCUT2D eigenvalue weighted by atomic mass is 10.3. The van der Waals surface area contributed by atoms with E-state index in [-0.39, 0.29) is 0 Å². The molecule has 0 fully saturated rings. The fraction of sp³-hybridized carbons (Fsp3) is 0.0909. The van der Waals surface area contributed by atoms with Crippen molar-refractivity contribution in [3.63, 3.8) is 0 Å². The smallest absolute Gasteiger partial charge is 0.202 e. The topological polar surface area (TPSA) is 54.7 Å². The van der Waals surface area contributed by atoms with Crippen molar-refractivity contribution >= 4 is 11.0 Å². The maximum absolute atomic E-state index is 5.14. The van der Waals surface area contributed by atoms with Gasteiger partial charge < -0.3 is 9.51 Å². The molecule has 3 rings (SSSR count). The molecule has 0 spiro atoms. The van der Waals surface area contributed by atoms with E-state index in [9.17, 15) is 0 Å². The van der Waals surface area contributed by atoms with Gasteiger partial charge in [-0.05, 0) is 19.1 Å². The minimum Gasteiger partial charge on any atom is -0.353 e. The highest BCUT2D eigenvalue weighted by Crippen LogP contribution is 2.20. The molecule has 3 aromatic rings. The number of aromatic nitrogens is 3. The van der Waals surface area contributed by atoms with Crippen LogP contribution in [0.1, 0.15) is 5.69 Å². The summed E-state index contributed by atoms with van der Waals surface area (Å²) in [6.07, 6.45) is 0. The van der Waals surface area contributed by atoms with Gasteiger partial charge in [-0.3, -0.25) is 0 Å². The number of hydrogen-bond acceptors (Lipinski definition) is 3. The van der Waals surface area contributed by atoms with Gasteiger partial charge >= 0.3 is 0 Å². The highest BCUT2D eigenvalue weighted by molar-refractivity contribution is 5.78. The first-order valence-corrected chi connectivity index (χ1v) is 4.71. The average molecular weight is 199 g/mol. The van der Waals surface area contributed by atoms with Crippen molar-refractivity contribution in [2.75, 3.05) is 0 Å². The second-order valence-corrected chi connectivity index (χ2v) is 3.44. The van der Waals surface area contributed by atoms with Crippen molar-refractivity contribution in [1.29, 1.82) is 0 Å². The summed E-state index contributed by atoms with van der Waals surface area (Å²) < 4.78 is 5.14. The Morgan fingerprint density at radius 2 is 2.13 bits per heavy atom. The number of aromatic amines is 1. The quantitative estimate of drug-likeness (QED) is 0.655. The van der Waals surface area contributed by atoms with Gasteiger partial charge in [0.1, 0.15) is 0 Å². The van der Waals surface area contributed by atoms with Gasteiger partial charge in [0.25, 0.3) is 0 Å². The summed E-state index contributed by atoms with van der Waals surface area (Å²) in [6.45, 7) is 1.88. The van der Waals surface area contributed by atoms with Crippen LogP contribution in [0.5, 0.6) is 0 Å². The van der Waals surface area contributed by atoms with E-state index in [2.05, 4.69) is 15.1 Å². The third-order valence-electron chi connectivity index (χ3n) is 2.25. The predicted molar refractivity (Wildman–Crippen MR) is 56.3 cm³/mol. The maximum atomic E-state index is 5.14. The molecular formula is C11H9N3O. The van der Waals surface area contributed by atoms with Crippen molar-refractivity contribution in [2.45, 2.75) is 6.92 Å². The molecule has 4 heteroatoms. The molecule has 15 heavy (non-hydrogen) atoms. The Labute approximate surface area is 85.9 Å². The van der Waals surface area contributed by atoms with Gasteiger partial charge in [0.2, 0.25) is 5.76 Å². The number of nitrogens with zero attached hydrogens (tertiary/aromatic N) is 2. The van der Waals surface area contributed by atoms with Crippen molar-refractivity contribution in [2.24, 2.45) is 0 Å². The molecule has 0 amide bonds. The van der Waals surface area contributed by atoms with Gasteiger partial charge in [0.05, 0.1) is 16.7 Å². The van der Waals surface area contributed by atoms with E-state index in [0.29, 0.717) is 5.76 Å². The van der Waals surface area contributed by atoms with E-state index in [1.165, 1.54) is 0 Å². The number of para-hydroxylation sites is 2. The number of aryl methyl sites for hydroxylation is 1. The first-order chi connectivity index (χ1) is 7.33. The third-order valence-corrected chi connectivity index (χ3v) is 2.25. The summed E-state index contributed by atoms with van der Waals surface area (Å²) >= 11 is 0. The Balaban J connectivity index is 2.19. The first-order valence-electron chi connectivity index (χ1n) is 4.71. The molecule has 0 atom stereocenters. The molecule has 0 saturated carbocycles. The van der Waals surface area contributed by atoms with Crippen LogP contribution < -0.4 is 0 Å². The number of nitrogens with one attached hydrogen (secondary N) is 1. The molecule has 2 heterocycles. The van der Waals surface area contributed by atoms with Crippen LogP contribution >= 0.6 is 0 Å². The van der Waals surface area contributed by atoms with Crippen molar-refractivity contribution < 1.29 is 4.52 Å². The van der Waals surface area contributed by atoms with E-state index >= 15 is 0 Å². The van der Waals surface area contributed by atoms with Gasteiger partial charge in [0, 0.05) is 6.07 Å². The molecule has 0 aliphatic heterocycles. The number of H-pyrrole nitrogens is 1. The molecule has 0 saturated heterocycles. The number of benzene rings is 1. The number of fused-ring (bicyclic) bond motifs is 1. The van der Waals surface area contributed by atoms with Crippen LogP contribution in [-0.2, 0) is 0 Å². The van der Waals surface area contributed by atoms with Gasteiger partial charge in [-0.1, -0.05) is 17.3 Å². The van der Waals surface area contributed by atoms with Crippen molar-refractivity contribution in [3.05, 3.63) is 36.0 Å². The molecule has 0 unspecified atom stereocenters. The summed E-state index contributed by atoms with van der Waals surface area (Å²) in [5, 5.41) is 3.83. The normalized spacial score (nSPS) is 11.0. The van der Waals surface area contributed by atoms with E-state index in [0.717, 1.165) is 22.6 Å². The lowest BCUT2D eigenvalue weighted by Gasteiger charge is -1.83. The minimum absolute atomic E-state index is 0.670. The summed E-state index contributed by atoms with van der Waals surface area (Å²) in [5.41, 5.74) is 2.79. The van der Waals surface area contributed by atoms with Crippen LogP contribution in [-0.4, -0.2) is 15.1 Å². The number of rotatable bonds is 1. The van der Waals surface area contributed by atoms with Gasteiger partial charge in [0.15, 0.2) is 5.82 Å². The Hall–Kier alpha value is -2.10. The standard InChI is InChI=1S/C11H9N3O/c1-7-6-10(15-14-7)11-12-8-4-2-3-5-9(8)13-11/h2-6H,1H3,(H,12,13). The number of hydrogen-bond donors (Lipinski definition) is 1. The molecule has 74 valence electrons. The SMILES string of the molecule is Cc1cc(-c2nc3ccccc3[nH]2)on1. The van der Waals surface area contributed by atoms with E-state index in [1.807, 2.05) is 37.3 Å². The third kappa shape index (κ3) is 1.30. The molecule has 0 bridgehead atoms. The van der Waals surface area contributed by atoms with E-state index in [1.54, 1.807) is 0 Å². The molecule has 1 N–H and O–H groups in total. The van der Waals surface area contributed by atoms with Crippen LogP contribution in [0.4, 0.5) is 0 Å². The summed E-state index contributed by atoms with van der Waals surface area (Å²) in [5.74, 6) is 1.39. The minimum atomic E-state index is 0.670. The van der Waals surface area contributed by atoms with Crippen LogP contribution in [0.2, 0.25) is 0 Å². The molecule has 0 aliphatic rings. The molecule has 0 aliphatic carbocycles. The fourth-order valence-electron chi connectivity index (χ4n) is 1.54. The monoisotopic (exact) mass is 199 g/mol. The van der Waals surface area contributed by atoms with E-state index < -0.39 is 0 Å². The average Bonchev–Trinajstić information content (AvgIpc) is 2.82. The van der Waals surface area contributed by atoms with E-state index in [4.69, 9.17) is 4.52 Å². The lowest BCUT2D eigenvalue weighted by molar-refractivity contribution is 0.425. The second-order valence-electron chi connectivity index (χ2n) is 3.44. The Kier molecular flexibility index (Phi) is 1.62. The molecule has 2 aromatic heterocycles. The van der Waals surface area contributed by atoms with Gasteiger partial charge in [-0.2, -0.15) is 0 Å². The largest absolute Gasteiger partial charge is 0.353 e. The second kappa shape index (κ2) is 2.95. The van der Waals surface area contributed by atoms with Gasteiger partial charge in [-0.25, -0.2) is 4.98 Å². The van der Waals surface area contributed by atoms with Crippen LogP contribution in [0, 0.1) is 6.92 Å². The molecular weight excluding hydrogens is 190 g/mol. The van der Waals surface area contributed by atoms with Crippen LogP contribution in [0.3, 0.4) is 0 Å². The van der Waals surface area contributed by atoms with Gasteiger partial charge in [-0.15, -0.1) is 0 Å². The predicted octanol–water partition coefficient (Wildman–Crippen LogP) is 2.53. The summed E-state index contributed by atoms with van der Waals surface area (Å²) in [7, 11) is 0. The Morgan fingerprint density at radius 1 is 1.27 bits per heavy atom. The zero-order chi connectivity index (χ0) is 10.3. The Bertz CT molecular complexity index is 576. The fourth-order valence-corrected chi connectivity index (χ4v) is 1.54. The maximum Gasteiger partial charge on any atom is 0.202 e. The van der Waals surface area contributed by atoms with Crippen LogP contribution in [0.25, 0.3) is 22.6 Å². The lowest BCUT2D eigenvalue weighted by Crippen LogP contribution is -1.74. The molecule has 0 radical (unpaired) electrons.